The van der Waals surface area contributed by atoms with E-state index in [1.807, 2.05) is 12.1 Å². The zero-order valence-corrected chi connectivity index (χ0v) is 14.0. The first-order valence-electron chi connectivity index (χ1n) is 7.90. The van der Waals surface area contributed by atoms with Crippen molar-refractivity contribution in [2.45, 2.75) is 52.1 Å². The van der Waals surface area contributed by atoms with E-state index in [1.165, 1.54) is 12.8 Å². The van der Waals surface area contributed by atoms with Gasteiger partial charge in [-0.25, -0.2) is 0 Å². The summed E-state index contributed by atoms with van der Waals surface area (Å²) in [6, 6.07) is 4.67. The van der Waals surface area contributed by atoms with Crippen molar-refractivity contribution in [3.63, 3.8) is 0 Å². The molecule has 4 heteroatoms. The average Bonchev–Trinajstić information content (AvgIpc) is 3.31. The van der Waals surface area contributed by atoms with Crippen LogP contribution >= 0.6 is 11.6 Å². The van der Waals surface area contributed by atoms with Crippen molar-refractivity contribution in [2.75, 3.05) is 13.7 Å². The molecule has 0 heterocycles. The molecule has 0 aliphatic heterocycles. The zero-order valence-electron chi connectivity index (χ0n) is 13.2. The summed E-state index contributed by atoms with van der Waals surface area (Å²) < 4.78 is 11.4. The molecule has 1 aliphatic carbocycles. The highest BCUT2D eigenvalue weighted by Gasteiger charge is 2.21. The van der Waals surface area contributed by atoms with Crippen molar-refractivity contribution < 1.29 is 9.47 Å². The summed E-state index contributed by atoms with van der Waals surface area (Å²) in [5.74, 6) is 1.95. The Kier molecular flexibility index (Phi) is 6.19. The van der Waals surface area contributed by atoms with Gasteiger partial charge >= 0.3 is 0 Å². The SMILES string of the molecule is CCC(CC)COc1c(Cl)cc(CNC2CC2)cc1OC. The minimum Gasteiger partial charge on any atom is -0.493 e. The molecule has 1 N–H and O–H groups in total. The van der Waals surface area contributed by atoms with Gasteiger partial charge in [-0.2, -0.15) is 0 Å². The summed E-state index contributed by atoms with van der Waals surface area (Å²) in [6.07, 6.45) is 4.78. The van der Waals surface area contributed by atoms with Crippen LogP contribution in [-0.2, 0) is 6.54 Å². The van der Waals surface area contributed by atoms with Crippen molar-refractivity contribution >= 4 is 11.6 Å². The number of methoxy groups -OCH3 is 1. The highest BCUT2D eigenvalue weighted by atomic mass is 35.5. The molecule has 1 aromatic rings. The number of halogens is 1. The Balaban J connectivity index is 2.04. The van der Waals surface area contributed by atoms with E-state index < -0.39 is 0 Å². The molecule has 2 rings (SSSR count). The van der Waals surface area contributed by atoms with E-state index in [2.05, 4.69) is 19.2 Å². The number of hydrogen-bond donors (Lipinski definition) is 1. The Morgan fingerprint density at radius 3 is 2.57 bits per heavy atom. The first-order chi connectivity index (χ1) is 10.2. The minimum atomic E-state index is 0.557. The van der Waals surface area contributed by atoms with Crippen LogP contribution in [0.2, 0.25) is 5.02 Å². The molecule has 0 atom stereocenters. The van der Waals surface area contributed by atoms with Crippen LogP contribution in [0.15, 0.2) is 12.1 Å². The van der Waals surface area contributed by atoms with Crippen LogP contribution in [0.3, 0.4) is 0 Å². The Hall–Kier alpha value is -0.930. The van der Waals surface area contributed by atoms with Gasteiger partial charge in [-0.15, -0.1) is 0 Å². The number of benzene rings is 1. The van der Waals surface area contributed by atoms with Gasteiger partial charge in [-0.05, 0) is 36.5 Å². The van der Waals surface area contributed by atoms with E-state index >= 15 is 0 Å². The molecular formula is C17H26ClNO2. The molecule has 0 aromatic heterocycles. The van der Waals surface area contributed by atoms with Gasteiger partial charge in [0.1, 0.15) is 0 Å². The van der Waals surface area contributed by atoms with Gasteiger partial charge in [-0.1, -0.05) is 38.3 Å². The molecular weight excluding hydrogens is 286 g/mol. The summed E-state index contributed by atoms with van der Waals surface area (Å²) in [7, 11) is 1.66. The van der Waals surface area contributed by atoms with Crippen molar-refractivity contribution in [3.8, 4) is 11.5 Å². The van der Waals surface area contributed by atoms with Gasteiger partial charge in [0.05, 0.1) is 18.7 Å². The van der Waals surface area contributed by atoms with E-state index in [4.69, 9.17) is 21.1 Å². The largest absolute Gasteiger partial charge is 0.493 e. The highest BCUT2D eigenvalue weighted by Crippen LogP contribution is 2.37. The maximum Gasteiger partial charge on any atom is 0.179 e. The van der Waals surface area contributed by atoms with Gasteiger partial charge in [-0.3, -0.25) is 0 Å². The quantitative estimate of drug-likeness (QED) is 0.732. The molecule has 0 spiro atoms. The third kappa shape index (κ3) is 4.79. The lowest BCUT2D eigenvalue weighted by Crippen LogP contribution is -2.15. The number of hydrogen-bond acceptors (Lipinski definition) is 3. The van der Waals surface area contributed by atoms with Gasteiger partial charge in [0.15, 0.2) is 11.5 Å². The van der Waals surface area contributed by atoms with Crippen LogP contribution in [0.5, 0.6) is 11.5 Å². The fourth-order valence-electron chi connectivity index (χ4n) is 2.29. The lowest BCUT2D eigenvalue weighted by atomic mass is 10.1. The molecule has 21 heavy (non-hydrogen) atoms. The van der Waals surface area contributed by atoms with Gasteiger partial charge in [0, 0.05) is 12.6 Å². The van der Waals surface area contributed by atoms with Crippen LogP contribution in [0, 0.1) is 5.92 Å². The molecule has 0 radical (unpaired) electrons. The highest BCUT2D eigenvalue weighted by molar-refractivity contribution is 6.32. The van der Waals surface area contributed by atoms with Crippen LogP contribution in [0.25, 0.3) is 0 Å². The van der Waals surface area contributed by atoms with Crippen LogP contribution in [0.1, 0.15) is 45.1 Å². The summed E-state index contributed by atoms with van der Waals surface area (Å²) in [5, 5.41) is 4.12. The van der Waals surface area contributed by atoms with Crippen LogP contribution < -0.4 is 14.8 Å². The second-order valence-corrected chi connectivity index (χ2v) is 6.16. The van der Waals surface area contributed by atoms with Gasteiger partial charge in [0.25, 0.3) is 0 Å². The normalized spacial score (nSPS) is 14.5. The predicted octanol–water partition coefficient (Wildman–Crippen LogP) is 4.42. The first-order valence-corrected chi connectivity index (χ1v) is 8.28. The Morgan fingerprint density at radius 1 is 1.29 bits per heavy atom. The smallest absolute Gasteiger partial charge is 0.179 e. The molecule has 3 nitrogen and oxygen atoms in total. The van der Waals surface area contributed by atoms with Crippen molar-refractivity contribution in [3.05, 3.63) is 22.7 Å². The minimum absolute atomic E-state index is 0.557. The molecule has 0 amide bonds. The van der Waals surface area contributed by atoms with Crippen LogP contribution in [-0.4, -0.2) is 19.8 Å². The maximum atomic E-state index is 6.38. The lowest BCUT2D eigenvalue weighted by Gasteiger charge is -2.18. The average molecular weight is 312 g/mol. The molecule has 1 fully saturated rings. The topological polar surface area (TPSA) is 30.5 Å². The molecule has 0 saturated heterocycles. The van der Waals surface area contributed by atoms with E-state index in [0.29, 0.717) is 29.3 Å². The monoisotopic (exact) mass is 311 g/mol. The standard InChI is InChI=1S/C17H26ClNO2/c1-4-12(5-2)11-21-17-15(18)8-13(9-16(17)20-3)10-19-14-6-7-14/h8-9,12,14,19H,4-7,10-11H2,1-3H3. The fraction of sp³-hybridized carbons (Fsp3) is 0.647. The summed E-state index contributed by atoms with van der Waals surface area (Å²) in [5.41, 5.74) is 1.14. The molecule has 1 saturated carbocycles. The Morgan fingerprint density at radius 2 is 2.00 bits per heavy atom. The zero-order chi connectivity index (χ0) is 15.2. The second kappa shape index (κ2) is 7.90. The molecule has 0 bridgehead atoms. The van der Waals surface area contributed by atoms with Crippen molar-refractivity contribution in [2.24, 2.45) is 5.92 Å². The van der Waals surface area contributed by atoms with Crippen molar-refractivity contribution in [1.29, 1.82) is 0 Å². The summed E-state index contributed by atoms with van der Waals surface area (Å²) >= 11 is 6.38. The molecule has 1 aliphatic rings. The number of nitrogens with one attached hydrogen (secondary N) is 1. The third-order valence-electron chi connectivity index (χ3n) is 4.08. The summed E-state index contributed by atoms with van der Waals surface area (Å²) in [4.78, 5) is 0. The molecule has 1 aromatic carbocycles. The fourth-order valence-corrected chi connectivity index (χ4v) is 2.58. The maximum absolute atomic E-state index is 6.38. The summed E-state index contributed by atoms with van der Waals surface area (Å²) in [6.45, 7) is 5.88. The van der Waals surface area contributed by atoms with Crippen LogP contribution in [0.4, 0.5) is 0 Å². The molecule has 0 unspecified atom stereocenters. The van der Waals surface area contributed by atoms with Gasteiger partial charge in [0.2, 0.25) is 0 Å². The van der Waals surface area contributed by atoms with E-state index in [1.54, 1.807) is 7.11 Å². The molecule has 118 valence electrons. The number of ether oxygens (including phenoxy) is 2. The lowest BCUT2D eigenvalue weighted by molar-refractivity contribution is 0.230. The second-order valence-electron chi connectivity index (χ2n) is 5.76. The van der Waals surface area contributed by atoms with Gasteiger partial charge < -0.3 is 14.8 Å². The number of rotatable bonds is 9. The Labute approximate surface area is 133 Å². The third-order valence-corrected chi connectivity index (χ3v) is 4.36. The van der Waals surface area contributed by atoms with Crippen molar-refractivity contribution in [1.82, 2.24) is 5.32 Å². The predicted molar refractivity (Wildman–Crippen MR) is 87.4 cm³/mol. The van der Waals surface area contributed by atoms with E-state index in [-0.39, 0.29) is 0 Å². The van der Waals surface area contributed by atoms with E-state index in [0.717, 1.165) is 30.7 Å². The Bertz CT molecular complexity index is 456. The first kappa shape index (κ1) is 16.4. The van der Waals surface area contributed by atoms with E-state index in [9.17, 15) is 0 Å².